The first-order chi connectivity index (χ1) is 6.74. The molecule has 0 aromatic heterocycles. The van der Waals surface area contributed by atoms with E-state index in [9.17, 15) is 0 Å². The van der Waals surface area contributed by atoms with Gasteiger partial charge in [-0.3, -0.25) is 0 Å². The molecule has 0 bridgehead atoms. The van der Waals surface area contributed by atoms with Crippen LogP contribution in [0.3, 0.4) is 0 Å². The van der Waals surface area contributed by atoms with Gasteiger partial charge in [0.25, 0.3) is 0 Å². The molecule has 0 atom stereocenters. The van der Waals surface area contributed by atoms with Gasteiger partial charge in [0, 0.05) is 21.0 Å². The Morgan fingerprint density at radius 2 is 2.29 bits per heavy atom. The average molecular weight is 275 g/mol. The van der Waals surface area contributed by atoms with Gasteiger partial charge in [0.05, 0.1) is 0 Å². The molecule has 0 radical (unpaired) electrons. The molecule has 0 spiro atoms. The number of rotatable bonds is 4. The maximum absolute atomic E-state index is 8.09. The van der Waals surface area contributed by atoms with Crippen LogP contribution in [0.25, 0.3) is 10.4 Å². The van der Waals surface area contributed by atoms with Crippen molar-refractivity contribution in [2.24, 2.45) is 5.11 Å². The largest absolute Gasteiger partial charge is 0.0940 e. The summed E-state index contributed by atoms with van der Waals surface area (Å²) < 4.78 is 1.04. The Labute approximate surface area is 95.8 Å². The van der Waals surface area contributed by atoms with Crippen molar-refractivity contribution in [3.05, 3.63) is 43.7 Å². The van der Waals surface area contributed by atoms with Crippen LogP contribution < -0.4 is 0 Å². The number of hydrogen-bond acceptors (Lipinski definition) is 1. The molecule has 3 nitrogen and oxygen atoms in total. The SMILES string of the molecule is [N-]=[N+]=NCCCc1cc(Cl)ccc1Br. The van der Waals surface area contributed by atoms with Gasteiger partial charge in [-0.15, -0.1) is 0 Å². The van der Waals surface area contributed by atoms with E-state index in [2.05, 4.69) is 26.0 Å². The third-order valence-corrected chi connectivity index (χ3v) is 2.78. The minimum atomic E-state index is 0.523. The predicted octanol–water partition coefficient (Wildman–Crippen LogP) is 4.35. The smallest absolute Gasteiger partial charge is 0.0409 e. The van der Waals surface area contributed by atoms with E-state index in [0.717, 1.165) is 27.9 Å². The summed E-state index contributed by atoms with van der Waals surface area (Å²) >= 11 is 9.29. The lowest BCUT2D eigenvalue weighted by Crippen LogP contribution is -1.89. The lowest BCUT2D eigenvalue weighted by atomic mass is 10.1. The van der Waals surface area contributed by atoms with E-state index >= 15 is 0 Å². The molecular weight excluding hydrogens is 265 g/mol. The highest BCUT2D eigenvalue weighted by atomic mass is 79.9. The van der Waals surface area contributed by atoms with Crippen LogP contribution >= 0.6 is 27.5 Å². The minimum absolute atomic E-state index is 0.523. The van der Waals surface area contributed by atoms with Gasteiger partial charge in [-0.25, -0.2) is 0 Å². The zero-order chi connectivity index (χ0) is 10.4. The second-order valence-corrected chi connectivity index (χ2v) is 4.08. The van der Waals surface area contributed by atoms with Crippen molar-refractivity contribution in [2.75, 3.05) is 6.54 Å². The highest BCUT2D eigenvalue weighted by Gasteiger charge is 1.99. The fraction of sp³-hybridized carbons (Fsp3) is 0.333. The molecule has 1 rings (SSSR count). The topological polar surface area (TPSA) is 48.8 Å². The monoisotopic (exact) mass is 273 g/mol. The summed E-state index contributed by atoms with van der Waals surface area (Å²) in [7, 11) is 0. The molecule has 1 aromatic carbocycles. The van der Waals surface area contributed by atoms with Crippen LogP contribution in [0.1, 0.15) is 12.0 Å². The van der Waals surface area contributed by atoms with Crippen LogP contribution in [-0.4, -0.2) is 6.54 Å². The van der Waals surface area contributed by atoms with Crippen molar-refractivity contribution in [3.8, 4) is 0 Å². The molecule has 74 valence electrons. The Kier molecular flexibility index (Phi) is 4.80. The number of azide groups is 1. The molecule has 5 heteroatoms. The predicted molar refractivity (Wildman–Crippen MR) is 61.5 cm³/mol. The second kappa shape index (κ2) is 5.91. The molecule has 0 saturated heterocycles. The van der Waals surface area contributed by atoms with Gasteiger partial charge in [0.15, 0.2) is 0 Å². The van der Waals surface area contributed by atoms with Crippen LogP contribution in [0.4, 0.5) is 0 Å². The molecular formula is C9H9BrClN3. The van der Waals surface area contributed by atoms with Gasteiger partial charge < -0.3 is 0 Å². The minimum Gasteiger partial charge on any atom is -0.0940 e. The van der Waals surface area contributed by atoms with Gasteiger partial charge >= 0.3 is 0 Å². The first kappa shape index (κ1) is 11.4. The summed E-state index contributed by atoms with van der Waals surface area (Å²) in [6.45, 7) is 0.523. The van der Waals surface area contributed by atoms with Crippen molar-refractivity contribution >= 4 is 27.5 Å². The fourth-order valence-corrected chi connectivity index (χ4v) is 1.76. The summed E-state index contributed by atoms with van der Waals surface area (Å²) in [5.74, 6) is 0. The maximum Gasteiger partial charge on any atom is 0.0409 e. The van der Waals surface area contributed by atoms with E-state index in [1.165, 1.54) is 0 Å². The number of aryl methyl sites for hydroxylation is 1. The Morgan fingerprint density at radius 3 is 3.00 bits per heavy atom. The third kappa shape index (κ3) is 3.58. The fourth-order valence-electron chi connectivity index (χ4n) is 1.12. The summed E-state index contributed by atoms with van der Waals surface area (Å²) in [6, 6.07) is 5.68. The van der Waals surface area contributed by atoms with Gasteiger partial charge in [0.1, 0.15) is 0 Å². The Balaban J connectivity index is 2.57. The number of nitrogens with zero attached hydrogens (tertiary/aromatic N) is 3. The van der Waals surface area contributed by atoms with Crippen LogP contribution in [0, 0.1) is 0 Å². The lowest BCUT2D eigenvalue weighted by Gasteiger charge is -2.03. The van der Waals surface area contributed by atoms with Gasteiger partial charge in [0.2, 0.25) is 0 Å². The molecule has 0 unspecified atom stereocenters. The molecule has 0 aliphatic rings. The van der Waals surface area contributed by atoms with Crippen molar-refractivity contribution in [3.63, 3.8) is 0 Å². The summed E-state index contributed by atoms with van der Waals surface area (Å²) in [5.41, 5.74) is 9.23. The molecule has 0 heterocycles. The number of benzene rings is 1. The van der Waals surface area contributed by atoms with E-state index < -0.39 is 0 Å². The van der Waals surface area contributed by atoms with E-state index in [4.69, 9.17) is 17.1 Å². The molecule has 0 fully saturated rings. The van der Waals surface area contributed by atoms with Gasteiger partial charge in [-0.1, -0.05) is 32.6 Å². The quantitative estimate of drug-likeness (QED) is 0.339. The first-order valence-electron chi connectivity index (χ1n) is 4.19. The van der Waals surface area contributed by atoms with E-state index in [0.29, 0.717) is 6.54 Å². The Bertz CT molecular complexity index is 361. The number of hydrogen-bond donors (Lipinski definition) is 0. The highest BCUT2D eigenvalue weighted by Crippen LogP contribution is 2.22. The molecule has 14 heavy (non-hydrogen) atoms. The number of halogens is 2. The van der Waals surface area contributed by atoms with Gasteiger partial charge in [-0.05, 0) is 42.1 Å². The second-order valence-electron chi connectivity index (χ2n) is 2.79. The summed E-state index contributed by atoms with van der Waals surface area (Å²) in [6.07, 6.45) is 1.70. The third-order valence-electron chi connectivity index (χ3n) is 1.78. The zero-order valence-electron chi connectivity index (χ0n) is 7.45. The van der Waals surface area contributed by atoms with Crippen molar-refractivity contribution in [1.29, 1.82) is 0 Å². The van der Waals surface area contributed by atoms with Crippen LogP contribution in [0.5, 0.6) is 0 Å². The zero-order valence-corrected chi connectivity index (χ0v) is 9.79. The average Bonchev–Trinajstić information content (AvgIpc) is 2.18. The molecule has 0 N–H and O–H groups in total. The van der Waals surface area contributed by atoms with Crippen LogP contribution in [-0.2, 0) is 6.42 Å². The Hall–Kier alpha value is -0.700. The van der Waals surface area contributed by atoms with Crippen molar-refractivity contribution < 1.29 is 0 Å². The van der Waals surface area contributed by atoms with E-state index in [1.807, 2.05) is 18.2 Å². The lowest BCUT2D eigenvalue weighted by molar-refractivity contribution is 0.824. The first-order valence-corrected chi connectivity index (χ1v) is 5.36. The van der Waals surface area contributed by atoms with E-state index in [-0.39, 0.29) is 0 Å². The Morgan fingerprint density at radius 1 is 1.50 bits per heavy atom. The maximum atomic E-state index is 8.09. The van der Waals surface area contributed by atoms with E-state index in [1.54, 1.807) is 0 Å². The molecule has 0 aliphatic carbocycles. The highest BCUT2D eigenvalue weighted by molar-refractivity contribution is 9.10. The van der Waals surface area contributed by atoms with Crippen LogP contribution in [0.15, 0.2) is 27.8 Å². The molecule has 0 saturated carbocycles. The van der Waals surface area contributed by atoms with Crippen LogP contribution in [0.2, 0.25) is 5.02 Å². The molecule has 0 amide bonds. The van der Waals surface area contributed by atoms with Crippen molar-refractivity contribution in [1.82, 2.24) is 0 Å². The standard InChI is InChI=1S/C9H9BrClN3/c10-9-4-3-8(11)6-7(9)2-1-5-13-14-12/h3-4,6H,1-2,5H2. The van der Waals surface area contributed by atoms with Gasteiger partial charge in [-0.2, -0.15) is 0 Å². The van der Waals surface area contributed by atoms with Crippen molar-refractivity contribution in [2.45, 2.75) is 12.8 Å². The molecule has 0 aliphatic heterocycles. The summed E-state index contributed by atoms with van der Waals surface area (Å²) in [5, 5.41) is 4.20. The summed E-state index contributed by atoms with van der Waals surface area (Å²) in [4.78, 5) is 2.69. The normalized spacial score (nSPS) is 9.57. The molecule has 1 aromatic rings.